The Kier molecular flexibility index (Phi) is 5.41. The minimum Gasteiger partial charge on any atom is -0.494 e. The van der Waals surface area contributed by atoms with Gasteiger partial charge in [-0.05, 0) is 49.4 Å². The van der Waals surface area contributed by atoms with Gasteiger partial charge in [0.05, 0.1) is 6.61 Å². The summed E-state index contributed by atoms with van der Waals surface area (Å²) in [6.07, 6.45) is 3.08. The van der Waals surface area contributed by atoms with Crippen LogP contribution in [0.4, 0.5) is 5.69 Å². The Morgan fingerprint density at radius 1 is 1.24 bits per heavy atom. The second kappa shape index (κ2) is 7.50. The normalized spacial score (nSPS) is 10.6. The molecule has 2 rings (SSSR count). The molecule has 0 aromatic heterocycles. The minimum absolute atomic E-state index is 0.0763. The lowest BCUT2D eigenvalue weighted by Gasteiger charge is -2.03. The number of anilines is 1. The molecule has 2 aromatic carbocycles. The van der Waals surface area contributed by atoms with Crippen molar-refractivity contribution in [1.29, 1.82) is 0 Å². The first-order valence-corrected chi connectivity index (χ1v) is 7.02. The summed E-state index contributed by atoms with van der Waals surface area (Å²) >= 11 is 5.88. The van der Waals surface area contributed by atoms with Gasteiger partial charge in [0.15, 0.2) is 5.78 Å². The van der Waals surface area contributed by atoms with E-state index in [1.807, 2.05) is 19.1 Å². The number of ether oxygens (including phenoxy) is 1. The fourth-order valence-corrected chi connectivity index (χ4v) is 1.96. The van der Waals surface area contributed by atoms with Crippen LogP contribution in [0.1, 0.15) is 17.3 Å². The Morgan fingerprint density at radius 3 is 2.67 bits per heavy atom. The molecule has 0 atom stereocenters. The summed E-state index contributed by atoms with van der Waals surface area (Å²) in [6.45, 7) is 2.53. The molecule has 21 heavy (non-hydrogen) atoms. The van der Waals surface area contributed by atoms with Crippen molar-refractivity contribution < 1.29 is 9.53 Å². The summed E-state index contributed by atoms with van der Waals surface area (Å²) in [5, 5.41) is 3.65. The van der Waals surface area contributed by atoms with Gasteiger partial charge in [-0.15, -0.1) is 0 Å². The van der Waals surface area contributed by atoms with E-state index in [9.17, 15) is 4.79 Å². The molecule has 2 aromatic rings. The number of hydrogen-bond donors (Lipinski definition) is 1. The smallest absolute Gasteiger partial charge is 0.187 e. The molecule has 108 valence electrons. The van der Waals surface area contributed by atoms with Crippen LogP contribution in [0, 0.1) is 0 Å². The van der Waals surface area contributed by atoms with Gasteiger partial charge in [-0.3, -0.25) is 4.79 Å². The number of carbonyl (C=O) groups is 1. The quantitative estimate of drug-likeness (QED) is 0.628. The van der Waals surface area contributed by atoms with E-state index < -0.39 is 0 Å². The molecule has 0 aliphatic rings. The van der Waals surface area contributed by atoms with E-state index >= 15 is 0 Å². The number of benzene rings is 2. The van der Waals surface area contributed by atoms with Gasteiger partial charge in [0.1, 0.15) is 5.75 Å². The number of nitrogens with one attached hydrogen (secondary N) is 1. The molecule has 0 heterocycles. The molecule has 0 amide bonds. The first-order valence-electron chi connectivity index (χ1n) is 6.65. The Bertz CT molecular complexity index is 635. The summed E-state index contributed by atoms with van der Waals surface area (Å²) in [7, 11) is 0. The number of hydrogen-bond acceptors (Lipinski definition) is 3. The molecule has 0 saturated heterocycles. The fraction of sp³-hybridized carbons (Fsp3) is 0.118. The van der Waals surface area contributed by atoms with Gasteiger partial charge >= 0.3 is 0 Å². The van der Waals surface area contributed by atoms with E-state index in [1.165, 1.54) is 6.08 Å². The van der Waals surface area contributed by atoms with Crippen molar-refractivity contribution in [3.05, 3.63) is 71.4 Å². The molecule has 0 bridgehead atoms. The highest BCUT2D eigenvalue weighted by Gasteiger charge is 2.01. The van der Waals surface area contributed by atoms with Crippen molar-refractivity contribution >= 4 is 23.1 Å². The Balaban J connectivity index is 1.95. The van der Waals surface area contributed by atoms with Crippen molar-refractivity contribution in [3.63, 3.8) is 0 Å². The van der Waals surface area contributed by atoms with Gasteiger partial charge in [-0.25, -0.2) is 0 Å². The van der Waals surface area contributed by atoms with Gasteiger partial charge in [-0.1, -0.05) is 17.7 Å². The topological polar surface area (TPSA) is 38.3 Å². The lowest BCUT2D eigenvalue weighted by atomic mass is 10.1. The summed E-state index contributed by atoms with van der Waals surface area (Å²) in [5.41, 5.74) is 1.45. The Labute approximate surface area is 129 Å². The van der Waals surface area contributed by atoms with E-state index in [2.05, 4.69) is 5.32 Å². The van der Waals surface area contributed by atoms with Gasteiger partial charge in [0, 0.05) is 28.5 Å². The maximum Gasteiger partial charge on any atom is 0.187 e. The predicted molar refractivity (Wildman–Crippen MR) is 86.2 cm³/mol. The van der Waals surface area contributed by atoms with Crippen molar-refractivity contribution in [3.8, 4) is 5.75 Å². The van der Waals surface area contributed by atoms with E-state index in [0.29, 0.717) is 17.2 Å². The number of halogens is 1. The summed E-state index contributed by atoms with van der Waals surface area (Å²) in [5.74, 6) is 0.683. The number of rotatable bonds is 6. The summed E-state index contributed by atoms with van der Waals surface area (Å²) in [4.78, 5) is 12.0. The van der Waals surface area contributed by atoms with Crippen LogP contribution in [0.15, 0.2) is 60.8 Å². The molecule has 0 aliphatic carbocycles. The molecule has 0 unspecified atom stereocenters. The van der Waals surface area contributed by atoms with Gasteiger partial charge in [0.2, 0.25) is 0 Å². The second-order valence-corrected chi connectivity index (χ2v) is 4.75. The van der Waals surface area contributed by atoms with Crippen LogP contribution in [0.2, 0.25) is 5.02 Å². The van der Waals surface area contributed by atoms with Crippen molar-refractivity contribution in [2.24, 2.45) is 0 Å². The first kappa shape index (κ1) is 15.1. The lowest BCUT2D eigenvalue weighted by molar-refractivity contribution is 0.104. The average Bonchev–Trinajstić information content (AvgIpc) is 2.48. The molecular formula is C17H16ClNO2. The minimum atomic E-state index is -0.0763. The third-order valence-corrected chi connectivity index (χ3v) is 2.99. The van der Waals surface area contributed by atoms with Crippen LogP contribution in [-0.2, 0) is 0 Å². The molecule has 0 aliphatic heterocycles. The van der Waals surface area contributed by atoms with Crippen molar-refractivity contribution in [1.82, 2.24) is 0 Å². The monoisotopic (exact) mass is 301 g/mol. The van der Waals surface area contributed by atoms with Crippen molar-refractivity contribution in [2.75, 3.05) is 11.9 Å². The van der Waals surface area contributed by atoms with Gasteiger partial charge in [0.25, 0.3) is 0 Å². The van der Waals surface area contributed by atoms with Crippen LogP contribution in [0.3, 0.4) is 0 Å². The molecule has 3 nitrogen and oxygen atoms in total. The largest absolute Gasteiger partial charge is 0.494 e. The third-order valence-electron chi connectivity index (χ3n) is 2.76. The highest BCUT2D eigenvalue weighted by molar-refractivity contribution is 6.30. The molecule has 4 heteroatoms. The maximum absolute atomic E-state index is 12.0. The van der Waals surface area contributed by atoms with Crippen LogP contribution >= 0.6 is 11.6 Å². The molecular weight excluding hydrogens is 286 g/mol. The fourth-order valence-electron chi connectivity index (χ4n) is 1.77. The maximum atomic E-state index is 12.0. The summed E-state index contributed by atoms with van der Waals surface area (Å²) in [6, 6.07) is 14.4. The van der Waals surface area contributed by atoms with E-state index in [-0.39, 0.29) is 5.78 Å². The van der Waals surface area contributed by atoms with Crippen LogP contribution < -0.4 is 10.1 Å². The third kappa shape index (κ3) is 4.65. The average molecular weight is 302 g/mol. The number of ketones is 1. The predicted octanol–water partition coefficient (Wildman–Crippen LogP) is 4.55. The lowest BCUT2D eigenvalue weighted by Crippen LogP contribution is -1.97. The van der Waals surface area contributed by atoms with E-state index in [1.54, 1.807) is 42.6 Å². The molecule has 0 spiro atoms. The van der Waals surface area contributed by atoms with Crippen molar-refractivity contribution in [2.45, 2.75) is 6.92 Å². The standard InChI is InChI=1S/C17H16ClNO2/c1-2-21-16-8-6-13(7-9-16)17(20)10-11-19-15-5-3-4-14(18)12-15/h3-12,19H,2H2,1H3. The Morgan fingerprint density at radius 2 is 2.00 bits per heavy atom. The highest BCUT2D eigenvalue weighted by atomic mass is 35.5. The molecule has 0 fully saturated rings. The molecule has 0 radical (unpaired) electrons. The Hall–Kier alpha value is -2.26. The zero-order valence-electron chi connectivity index (χ0n) is 11.7. The number of carbonyl (C=O) groups excluding carboxylic acids is 1. The number of allylic oxidation sites excluding steroid dienone is 1. The first-order chi connectivity index (χ1) is 10.2. The van der Waals surface area contributed by atoms with E-state index in [0.717, 1.165) is 11.4 Å². The zero-order valence-corrected chi connectivity index (χ0v) is 12.4. The SMILES string of the molecule is CCOc1ccc(C(=O)C=CNc2cccc(Cl)c2)cc1. The van der Waals surface area contributed by atoms with E-state index in [4.69, 9.17) is 16.3 Å². The summed E-state index contributed by atoms with van der Waals surface area (Å²) < 4.78 is 5.34. The highest BCUT2D eigenvalue weighted by Crippen LogP contribution is 2.15. The molecule has 0 saturated carbocycles. The van der Waals surface area contributed by atoms with Crippen LogP contribution in [0.25, 0.3) is 0 Å². The van der Waals surface area contributed by atoms with Gasteiger partial charge < -0.3 is 10.1 Å². The van der Waals surface area contributed by atoms with Crippen LogP contribution in [0.5, 0.6) is 5.75 Å². The van der Waals surface area contributed by atoms with Crippen LogP contribution in [-0.4, -0.2) is 12.4 Å². The zero-order chi connectivity index (χ0) is 15.1. The molecule has 1 N–H and O–H groups in total. The van der Waals surface area contributed by atoms with Gasteiger partial charge in [-0.2, -0.15) is 0 Å². The second-order valence-electron chi connectivity index (χ2n) is 4.31.